The van der Waals surface area contributed by atoms with E-state index >= 15 is 0 Å². The Morgan fingerprint density at radius 3 is 2.42 bits per heavy atom. The van der Waals surface area contributed by atoms with Gasteiger partial charge in [0, 0.05) is 18.3 Å². The fourth-order valence-electron chi connectivity index (χ4n) is 1.53. The molecule has 0 radical (unpaired) electrons. The van der Waals surface area contributed by atoms with Crippen molar-refractivity contribution in [3.63, 3.8) is 0 Å². The summed E-state index contributed by atoms with van der Waals surface area (Å²) in [7, 11) is 0. The summed E-state index contributed by atoms with van der Waals surface area (Å²) in [5, 5.41) is 11.4. The fraction of sp³-hybridized carbons (Fsp3) is 0.0714. The summed E-state index contributed by atoms with van der Waals surface area (Å²) in [6, 6.07) is 11.9. The number of carboxylic acids is 1. The predicted molar refractivity (Wildman–Crippen MR) is 68.8 cm³/mol. The minimum atomic E-state index is -1.07. The number of nitrogens with zero attached hydrogens (tertiary/aromatic N) is 1. The van der Waals surface area contributed by atoms with Gasteiger partial charge in [-0.2, -0.15) is 0 Å². The fourth-order valence-corrected chi connectivity index (χ4v) is 1.53. The Balaban J connectivity index is 1.95. The topological polar surface area (TPSA) is 79.3 Å². The van der Waals surface area contributed by atoms with Crippen LogP contribution >= 0.6 is 0 Å². The second kappa shape index (κ2) is 5.77. The SMILES string of the molecule is O=C(NCc1ccc(C(=O)O)nc1)c1ccccc1. The van der Waals surface area contributed by atoms with Crippen molar-refractivity contribution < 1.29 is 14.7 Å². The quantitative estimate of drug-likeness (QED) is 0.872. The molecule has 0 aliphatic heterocycles. The molecule has 1 aromatic heterocycles. The number of nitrogens with one attached hydrogen (secondary N) is 1. The number of amides is 1. The Labute approximate surface area is 109 Å². The Morgan fingerprint density at radius 1 is 1.11 bits per heavy atom. The van der Waals surface area contributed by atoms with Gasteiger partial charge in [-0.15, -0.1) is 0 Å². The molecule has 5 nitrogen and oxygen atoms in total. The summed E-state index contributed by atoms with van der Waals surface area (Å²) in [5.74, 6) is -1.25. The molecule has 0 aliphatic rings. The van der Waals surface area contributed by atoms with Crippen LogP contribution in [0.4, 0.5) is 0 Å². The summed E-state index contributed by atoms with van der Waals surface area (Å²) < 4.78 is 0. The molecule has 0 unspecified atom stereocenters. The predicted octanol–water partition coefficient (Wildman–Crippen LogP) is 1.71. The third-order valence-electron chi connectivity index (χ3n) is 2.53. The molecule has 96 valence electrons. The van der Waals surface area contributed by atoms with Crippen LogP contribution < -0.4 is 5.32 Å². The molecule has 0 saturated carbocycles. The first kappa shape index (κ1) is 12.8. The summed E-state index contributed by atoms with van der Waals surface area (Å²) in [6.07, 6.45) is 1.44. The van der Waals surface area contributed by atoms with E-state index in [9.17, 15) is 9.59 Å². The third kappa shape index (κ3) is 3.38. The molecule has 0 bridgehead atoms. The van der Waals surface area contributed by atoms with Crippen LogP contribution in [0.1, 0.15) is 26.4 Å². The first-order valence-corrected chi connectivity index (χ1v) is 5.68. The summed E-state index contributed by atoms with van der Waals surface area (Å²) in [5.41, 5.74) is 1.31. The van der Waals surface area contributed by atoms with Crippen LogP contribution in [0.3, 0.4) is 0 Å². The van der Waals surface area contributed by atoms with Crippen molar-refractivity contribution >= 4 is 11.9 Å². The number of benzene rings is 1. The molecule has 5 heteroatoms. The molecule has 2 N–H and O–H groups in total. The van der Waals surface area contributed by atoms with E-state index in [1.54, 1.807) is 30.3 Å². The van der Waals surface area contributed by atoms with E-state index in [1.165, 1.54) is 12.3 Å². The molecule has 2 aromatic rings. The van der Waals surface area contributed by atoms with Gasteiger partial charge in [0.2, 0.25) is 0 Å². The van der Waals surface area contributed by atoms with Crippen molar-refractivity contribution in [1.29, 1.82) is 0 Å². The van der Waals surface area contributed by atoms with E-state index in [1.807, 2.05) is 6.07 Å². The highest BCUT2D eigenvalue weighted by atomic mass is 16.4. The van der Waals surface area contributed by atoms with Gasteiger partial charge in [-0.3, -0.25) is 4.79 Å². The molecule has 0 spiro atoms. The first-order valence-electron chi connectivity index (χ1n) is 5.68. The second-order valence-electron chi connectivity index (χ2n) is 3.91. The monoisotopic (exact) mass is 256 g/mol. The molecule has 0 atom stereocenters. The molecule has 1 heterocycles. The maximum absolute atomic E-state index is 11.8. The third-order valence-corrected chi connectivity index (χ3v) is 2.53. The number of rotatable bonds is 4. The van der Waals surface area contributed by atoms with Gasteiger partial charge in [0.15, 0.2) is 0 Å². The lowest BCUT2D eigenvalue weighted by atomic mass is 10.2. The zero-order valence-corrected chi connectivity index (χ0v) is 10.0. The van der Waals surface area contributed by atoms with E-state index < -0.39 is 5.97 Å². The molecular weight excluding hydrogens is 244 g/mol. The van der Waals surface area contributed by atoms with Crippen molar-refractivity contribution in [1.82, 2.24) is 10.3 Å². The highest BCUT2D eigenvalue weighted by molar-refractivity contribution is 5.94. The Hall–Kier alpha value is -2.69. The number of carbonyl (C=O) groups is 2. The van der Waals surface area contributed by atoms with Gasteiger partial charge in [-0.1, -0.05) is 24.3 Å². The van der Waals surface area contributed by atoms with Crippen LogP contribution in [0, 0.1) is 0 Å². The van der Waals surface area contributed by atoms with Crippen molar-refractivity contribution in [3.05, 3.63) is 65.5 Å². The van der Waals surface area contributed by atoms with Gasteiger partial charge in [0.05, 0.1) is 0 Å². The molecular formula is C14H12N2O3. The highest BCUT2D eigenvalue weighted by Gasteiger charge is 2.06. The minimum absolute atomic E-state index is 0.0156. The molecule has 2 rings (SSSR count). The van der Waals surface area contributed by atoms with Crippen LogP contribution in [-0.4, -0.2) is 22.0 Å². The number of pyridine rings is 1. The van der Waals surface area contributed by atoms with E-state index in [0.29, 0.717) is 12.1 Å². The van der Waals surface area contributed by atoms with Gasteiger partial charge in [0.25, 0.3) is 5.91 Å². The summed E-state index contributed by atoms with van der Waals surface area (Å²) in [6.45, 7) is 0.306. The summed E-state index contributed by atoms with van der Waals surface area (Å²) >= 11 is 0. The van der Waals surface area contributed by atoms with E-state index in [4.69, 9.17) is 5.11 Å². The number of hydrogen-bond acceptors (Lipinski definition) is 3. The normalized spacial score (nSPS) is 9.89. The van der Waals surface area contributed by atoms with Crippen LogP contribution in [0.2, 0.25) is 0 Å². The zero-order chi connectivity index (χ0) is 13.7. The maximum Gasteiger partial charge on any atom is 0.354 e. The largest absolute Gasteiger partial charge is 0.477 e. The van der Waals surface area contributed by atoms with Crippen molar-refractivity contribution in [2.75, 3.05) is 0 Å². The smallest absolute Gasteiger partial charge is 0.354 e. The van der Waals surface area contributed by atoms with Gasteiger partial charge in [0.1, 0.15) is 5.69 Å². The van der Waals surface area contributed by atoms with Crippen LogP contribution in [0.25, 0.3) is 0 Å². The summed E-state index contributed by atoms with van der Waals surface area (Å²) in [4.78, 5) is 26.2. The first-order chi connectivity index (χ1) is 9.16. The van der Waals surface area contributed by atoms with Crippen molar-refractivity contribution in [2.45, 2.75) is 6.54 Å². The van der Waals surface area contributed by atoms with Gasteiger partial charge in [-0.05, 0) is 23.8 Å². The number of hydrogen-bond donors (Lipinski definition) is 2. The van der Waals surface area contributed by atoms with Gasteiger partial charge >= 0.3 is 5.97 Å². The van der Waals surface area contributed by atoms with E-state index in [2.05, 4.69) is 10.3 Å². The molecule has 0 fully saturated rings. The van der Waals surface area contributed by atoms with Gasteiger partial charge < -0.3 is 10.4 Å². The number of carbonyl (C=O) groups excluding carboxylic acids is 1. The van der Waals surface area contributed by atoms with Crippen LogP contribution in [0.15, 0.2) is 48.7 Å². The second-order valence-corrected chi connectivity index (χ2v) is 3.91. The lowest BCUT2D eigenvalue weighted by Gasteiger charge is -2.05. The standard InChI is InChI=1S/C14H12N2O3/c17-13(11-4-2-1-3-5-11)16-9-10-6-7-12(14(18)19)15-8-10/h1-8H,9H2,(H,16,17)(H,18,19). The van der Waals surface area contributed by atoms with E-state index in [0.717, 1.165) is 5.56 Å². The molecule has 0 aliphatic carbocycles. The Kier molecular flexibility index (Phi) is 3.87. The molecule has 1 amide bonds. The Bertz CT molecular complexity index is 579. The number of aromatic carboxylic acids is 1. The van der Waals surface area contributed by atoms with Crippen molar-refractivity contribution in [2.24, 2.45) is 0 Å². The maximum atomic E-state index is 11.8. The highest BCUT2D eigenvalue weighted by Crippen LogP contribution is 2.02. The molecule has 0 saturated heterocycles. The van der Waals surface area contributed by atoms with Crippen LogP contribution in [-0.2, 0) is 6.54 Å². The lowest BCUT2D eigenvalue weighted by Crippen LogP contribution is -2.22. The van der Waals surface area contributed by atoms with Gasteiger partial charge in [-0.25, -0.2) is 9.78 Å². The Morgan fingerprint density at radius 2 is 1.84 bits per heavy atom. The number of carboxylic acid groups (broad SMARTS) is 1. The average molecular weight is 256 g/mol. The van der Waals surface area contributed by atoms with Crippen LogP contribution in [0.5, 0.6) is 0 Å². The van der Waals surface area contributed by atoms with Crippen molar-refractivity contribution in [3.8, 4) is 0 Å². The zero-order valence-electron chi connectivity index (χ0n) is 10.0. The average Bonchev–Trinajstić information content (AvgIpc) is 2.46. The lowest BCUT2D eigenvalue weighted by molar-refractivity contribution is 0.0690. The molecule has 19 heavy (non-hydrogen) atoms. The van der Waals surface area contributed by atoms with E-state index in [-0.39, 0.29) is 11.6 Å². The molecule has 1 aromatic carbocycles. The minimum Gasteiger partial charge on any atom is -0.477 e. The number of aromatic nitrogens is 1.